The molecule has 2 aromatic carbocycles. The molecule has 47 heavy (non-hydrogen) atoms. The fourth-order valence-corrected chi connectivity index (χ4v) is 6.71. The number of ether oxygens (including phenoxy) is 1. The Morgan fingerprint density at radius 1 is 0.936 bits per heavy atom. The lowest BCUT2D eigenvalue weighted by Gasteiger charge is -2.15. The van der Waals surface area contributed by atoms with E-state index < -0.39 is 6.10 Å². The Morgan fingerprint density at radius 3 is 2.21 bits per heavy atom. The van der Waals surface area contributed by atoms with Gasteiger partial charge >= 0.3 is 0 Å². The zero-order chi connectivity index (χ0) is 33.1. The number of aliphatic hydroxyl groups excluding tert-OH is 1. The smallest absolute Gasteiger partial charge is 0.220 e. The summed E-state index contributed by atoms with van der Waals surface area (Å²) in [7, 11) is 3.58. The molecule has 0 bridgehead atoms. The molecular weight excluding hydrogens is 635 g/mol. The number of pyridine rings is 2. The summed E-state index contributed by atoms with van der Waals surface area (Å²) in [5, 5.41) is 21.4. The Labute approximate surface area is 284 Å². The molecule has 244 valence electrons. The quantitative estimate of drug-likeness (QED) is 0.126. The van der Waals surface area contributed by atoms with Gasteiger partial charge in [0.05, 0.1) is 34.6 Å². The van der Waals surface area contributed by atoms with Gasteiger partial charge in [-0.25, -0.2) is 9.97 Å². The van der Waals surface area contributed by atoms with Gasteiger partial charge in [-0.2, -0.15) is 0 Å². The largest absolute Gasteiger partial charge is 0.481 e. The molecule has 1 aliphatic rings. The van der Waals surface area contributed by atoms with Crippen LogP contribution in [-0.2, 0) is 24.9 Å². The van der Waals surface area contributed by atoms with E-state index in [1.54, 1.807) is 14.0 Å². The number of aliphatic hydroxyl groups is 1. The van der Waals surface area contributed by atoms with Gasteiger partial charge in [0.1, 0.15) is 5.65 Å². The van der Waals surface area contributed by atoms with Gasteiger partial charge in [-0.05, 0) is 37.1 Å². The van der Waals surface area contributed by atoms with Crippen molar-refractivity contribution in [2.24, 2.45) is 7.05 Å². The average Bonchev–Trinajstić information content (AvgIpc) is 3.62. The van der Waals surface area contributed by atoms with Gasteiger partial charge in [0.15, 0.2) is 0 Å². The van der Waals surface area contributed by atoms with Crippen LogP contribution in [0.4, 0.5) is 0 Å². The summed E-state index contributed by atoms with van der Waals surface area (Å²) in [6.07, 6.45) is 3.06. The molecule has 5 aromatic rings. The zero-order valence-electron chi connectivity index (χ0n) is 26.6. The van der Waals surface area contributed by atoms with Crippen molar-refractivity contribution >= 4 is 40.1 Å². The lowest BCUT2D eigenvalue weighted by atomic mass is 9.98. The minimum Gasteiger partial charge on any atom is -0.481 e. The molecule has 0 spiro atoms. The Balaban J connectivity index is 1.26. The highest BCUT2D eigenvalue weighted by Gasteiger charge is 2.21. The van der Waals surface area contributed by atoms with E-state index in [9.17, 15) is 9.90 Å². The number of rotatable bonds is 12. The second-order valence-corrected chi connectivity index (χ2v) is 12.7. The van der Waals surface area contributed by atoms with Crippen LogP contribution in [0, 0.1) is 0 Å². The Hall–Kier alpha value is -3.99. The minimum absolute atomic E-state index is 0.103. The molecule has 0 radical (unpaired) electrons. The number of halogens is 2. The molecule has 2 atom stereocenters. The van der Waals surface area contributed by atoms with Gasteiger partial charge in [0.25, 0.3) is 0 Å². The van der Waals surface area contributed by atoms with E-state index in [0.29, 0.717) is 54.2 Å². The Kier molecular flexibility index (Phi) is 10.1. The molecule has 9 nitrogen and oxygen atoms in total. The number of carbonyl (C=O) groups excluding carboxylic acids is 1. The second kappa shape index (κ2) is 14.4. The van der Waals surface area contributed by atoms with E-state index in [1.165, 1.54) is 0 Å². The van der Waals surface area contributed by atoms with Crippen molar-refractivity contribution in [2.45, 2.75) is 45.0 Å². The predicted molar refractivity (Wildman–Crippen MR) is 188 cm³/mol. The lowest BCUT2D eigenvalue weighted by molar-refractivity contribution is -0.119. The summed E-state index contributed by atoms with van der Waals surface area (Å²) in [5.74, 6) is 0.613. The fourth-order valence-electron chi connectivity index (χ4n) is 6.06. The molecule has 11 heteroatoms. The van der Waals surface area contributed by atoms with E-state index in [-0.39, 0.29) is 11.9 Å². The summed E-state index contributed by atoms with van der Waals surface area (Å²) >= 11 is 14.2. The minimum atomic E-state index is -0.412. The van der Waals surface area contributed by atoms with Crippen LogP contribution in [0.3, 0.4) is 0 Å². The van der Waals surface area contributed by atoms with Crippen LogP contribution in [0.5, 0.6) is 5.88 Å². The molecule has 1 aliphatic heterocycles. The lowest BCUT2D eigenvalue weighted by Crippen LogP contribution is -2.35. The topological polar surface area (TPSA) is 113 Å². The number of hydrogen-bond donors (Lipinski definition) is 4. The molecule has 3 aromatic heterocycles. The molecule has 1 fully saturated rings. The number of benzene rings is 2. The van der Waals surface area contributed by atoms with Crippen LogP contribution in [0.1, 0.15) is 30.9 Å². The first-order valence-electron chi connectivity index (χ1n) is 15.7. The van der Waals surface area contributed by atoms with Crippen molar-refractivity contribution in [1.82, 2.24) is 30.5 Å². The van der Waals surface area contributed by atoms with Crippen molar-refractivity contribution in [2.75, 3.05) is 20.2 Å². The van der Waals surface area contributed by atoms with Gasteiger partial charge in [0.2, 0.25) is 11.8 Å². The fraction of sp³-hybridized carbons (Fsp3) is 0.306. The average molecular weight is 674 g/mol. The van der Waals surface area contributed by atoms with Crippen molar-refractivity contribution in [3.63, 3.8) is 0 Å². The number of nitrogens with one attached hydrogen (secondary N) is 3. The molecule has 4 N–H and O–H groups in total. The highest BCUT2D eigenvalue weighted by molar-refractivity contribution is 6.39. The predicted octanol–water partition coefficient (Wildman–Crippen LogP) is 6.12. The maximum atomic E-state index is 11.5. The van der Waals surface area contributed by atoms with Gasteiger partial charge in [-0.15, -0.1) is 0 Å². The Morgan fingerprint density at radius 2 is 1.57 bits per heavy atom. The van der Waals surface area contributed by atoms with Crippen molar-refractivity contribution in [3.05, 3.63) is 88.0 Å². The summed E-state index contributed by atoms with van der Waals surface area (Å²) < 4.78 is 7.66. The highest BCUT2D eigenvalue weighted by Crippen LogP contribution is 2.42. The Bertz CT molecular complexity index is 1930. The molecular formula is C36H38Cl2N6O3. The summed E-state index contributed by atoms with van der Waals surface area (Å²) in [5.41, 5.74) is 7.45. The number of hydrogen-bond acceptors (Lipinski definition) is 7. The standard InChI is InChI=1S/C36H38Cl2N6O3/c1-21(45)16-39-18-23-20-44(2)35-25(23)12-14-30(42-35)28-8-4-6-26(33(28)37)27-7-5-9-29(34(27)38)31-13-10-22(36(43-31)47-3)17-40-19-24-11-15-32(46)41-24/h4-10,12-14,20-21,24,39-40,45H,11,15-19H2,1-3H3,(H,41,46)/t21-,24+/m1/s1. The monoisotopic (exact) mass is 672 g/mol. The number of carbonyl (C=O) groups is 1. The first kappa shape index (κ1) is 32.9. The van der Waals surface area contributed by atoms with Crippen molar-refractivity contribution < 1.29 is 14.6 Å². The van der Waals surface area contributed by atoms with Crippen molar-refractivity contribution in [1.29, 1.82) is 0 Å². The van der Waals surface area contributed by atoms with Crippen LogP contribution in [0.2, 0.25) is 10.0 Å². The van der Waals surface area contributed by atoms with Crippen LogP contribution < -0.4 is 20.7 Å². The third kappa shape index (κ3) is 7.15. The number of methoxy groups -OCH3 is 1. The molecule has 4 heterocycles. The molecule has 1 amide bonds. The summed E-state index contributed by atoms with van der Waals surface area (Å²) in [6.45, 7) is 4.16. The first-order chi connectivity index (χ1) is 22.7. The van der Waals surface area contributed by atoms with E-state index in [4.69, 9.17) is 37.9 Å². The summed E-state index contributed by atoms with van der Waals surface area (Å²) in [6, 6.07) is 19.8. The number of amides is 1. The normalized spacial score (nSPS) is 15.3. The van der Waals surface area contributed by atoms with Crippen LogP contribution in [0.25, 0.3) is 44.7 Å². The van der Waals surface area contributed by atoms with E-state index in [1.807, 2.05) is 66.2 Å². The molecule has 1 saturated heterocycles. The van der Waals surface area contributed by atoms with Crippen LogP contribution >= 0.6 is 23.2 Å². The van der Waals surface area contributed by atoms with E-state index in [2.05, 4.69) is 28.2 Å². The van der Waals surface area contributed by atoms with Gasteiger partial charge < -0.3 is 30.4 Å². The maximum absolute atomic E-state index is 11.5. The third-order valence-electron chi connectivity index (χ3n) is 8.42. The summed E-state index contributed by atoms with van der Waals surface area (Å²) in [4.78, 5) is 21.3. The molecule has 6 rings (SSSR count). The maximum Gasteiger partial charge on any atom is 0.220 e. The molecule has 0 saturated carbocycles. The van der Waals surface area contributed by atoms with Crippen LogP contribution in [0.15, 0.2) is 66.9 Å². The van der Waals surface area contributed by atoms with Gasteiger partial charge in [-0.3, -0.25) is 4.79 Å². The van der Waals surface area contributed by atoms with Crippen LogP contribution in [-0.4, -0.2) is 57.9 Å². The molecule has 0 aliphatic carbocycles. The number of fused-ring (bicyclic) bond motifs is 1. The highest BCUT2D eigenvalue weighted by atomic mass is 35.5. The number of aromatic nitrogens is 3. The van der Waals surface area contributed by atoms with E-state index in [0.717, 1.165) is 56.5 Å². The third-order valence-corrected chi connectivity index (χ3v) is 9.24. The second-order valence-electron chi connectivity index (χ2n) is 11.9. The van der Waals surface area contributed by atoms with Gasteiger partial charge in [-0.1, -0.05) is 65.7 Å². The first-order valence-corrected chi connectivity index (χ1v) is 16.4. The zero-order valence-corrected chi connectivity index (χ0v) is 28.1. The SMILES string of the molecule is COc1nc(-c2cccc(-c3cccc(-c4ccc5c(CNC[C@@H](C)O)cn(C)c5n4)c3Cl)c2Cl)ccc1CNC[C@@H]1CCC(=O)N1. The van der Waals surface area contributed by atoms with E-state index >= 15 is 0 Å². The number of aryl methyl sites for hydroxylation is 1. The number of nitrogens with zero attached hydrogens (tertiary/aromatic N) is 3. The van der Waals surface area contributed by atoms with Gasteiger partial charge in [0, 0.05) is 85.1 Å². The van der Waals surface area contributed by atoms with Crippen molar-refractivity contribution in [3.8, 4) is 39.5 Å². The molecule has 0 unspecified atom stereocenters.